The Morgan fingerprint density at radius 1 is 1.58 bits per heavy atom. The van der Waals surface area contributed by atoms with Gasteiger partial charge in [0.15, 0.2) is 0 Å². The van der Waals surface area contributed by atoms with Crippen LogP contribution in [0.2, 0.25) is 5.02 Å². The topological polar surface area (TPSA) is 64.7 Å². The molecule has 1 rings (SSSR count). The Morgan fingerprint density at radius 3 is 2.89 bits per heavy atom. The summed E-state index contributed by atoms with van der Waals surface area (Å²) in [6.07, 6.45) is 2.44. The van der Waals surface area contributed by atoms with Gasteiger partial charge in [0, 0.05) is 12.4 Å². The first-order valence-electron chi connectivity index (χ1n) is 5.61. The molecular weight excluding hydrogens is 271 g/mol. The van der Waals surface area contributed by atoms with Crippen molar-refractivity contribution in [2.45, 2.75) is 13.5 Å². The lowest BCUT2D eigenvalue weighted by Gasteiger charge is -2.01. The summed E-state index contributed by atoms with van der Waals surface area (Å²) >= 11 is 5.64. The molecule has 1 aromatic rings. The molecule has 19 heavy (non-hydrogen) atoms. The van der Waals surface area contributed by atoms with Crippen LogP contribution in [0.4, 0.5) is 4.39 Å². The summed E-state index contributed by atoms with van der Waals surface area (Å²) in [5.41, 5.74) is 6.19. The molecule has 0 bridgehead atoms. The van der Waals surface area contributed by atoms with Crippen molar-refractivity contribution in [1.29, 1.82) is 0 Å². The average molecular weight is 285 g/mol. The first kappa shape index (κ1) is 15.2. The molecule has 4 nitrogen and oxygen atoms in total. The highest BCUT2D eigenvalue weighted by Gasteiger charge is 2.06. The van der Waals surface area contributed by atoms with Gasteiger partial charge in [-0.15, -0.1) is 0 Å². The largest absolute Gasteiger partial charge is 0.462 e. The van der Waals surface area contributed by atoms with Crippen molar-refractivity contribution in [1.82, 2.24) is 0 Å². The van der Waals surface area contributed by atoms with Crippen LogP contribution in [0.5, 0.6) is 0 Å². The highest BCUT2D eigenvalue weighted by atomic mass is 35.5. The fourth-order valence-corrected chi connectivity index (χ4v) is 1.47. The normalized spacial score (nSPS) is 11.8. The number of rotatable bonds is 5. The van der Waals surface area contributed by atoms with Crippen molar-refractivity contribution in [3.8, 4) is 0 Å². The molecule has 1 aromatic carbocycles. The number of nitrogens with zero attached hydrogens (tertiary/aromatic N) is 1. The van der Waals surface area contributed by atoms with E-state index in [1.54, 1.807) is 13.0 Å². The number of hydrogen-bond acceptors (Lipinski definition) is 4. The Bertz CT molecular complexity index is 515. The van der Waals surface area contributed by atoms with Gasteiger partial charge in [0.1, 0.15) is 5.82 Å². The molecule has 2 N–H and O–H groups in total. The molecule has 0 fully saturated rings. The number of ether oxygens (including phenoxy) is 1. The third-order valence-electron chi connectivity index (χ3n) is 2.18. The second kappa shape index (κ2) is 7.53. The Labute approximate surface area is 115 Å². The van der Waals surface area contributed by atoms with Crippen molar-refractivity contribution in [3.05, 3.63) is 46.4 Å². The Balaban J connectivity index is 2.66. The highest BCUT2D eigenvalue weighted by Crippen LogP contribution is 2.16. The zero-order valence-corrected chi connectivity index (χ0v) is 11.2. The molecule has 0 amide bonds. The van der Waals surface area contributed by atoms with Crippen molar-refractivity contribution in [3.63, 3.8) is 0 Å². The SMILES string of the molecule is CCOC(=O)/C(C=NCc1ccc(F)c(Cl)c1)=C/N. The quantitative estimate of drug-likeness (QED) is 0.513. The summed E-state index contributed by atoms with van der Waals surface area (Å²) < 4.78 is 17.7. The number of aliphatic imine (C=N–C) groups is 1. The first-order valence-corrected chi connectivity index (χ1v) is 5.99. The van der Waals surface area contributed by atoms with Gasteiger partial charge in [0.2, 0.25) is 0 Å². The van der Waals surface area contributed by atoms with Crippen molar-refractivity contribution in [2.24, 2.45) is 10.7 Å². The van der Waals surface area contributed by atoms with Crippen LogP contribution in [0, 0.1) is 5.82 Å². The van der Waals surface area contributed by atoms with Gasteiger partial charge in [-0.3, -0.25) is 4.99 Å². The lowest BCUT2D eigenvalue weighted by Crippen LogP contribution is -2.10. The van der Waals surface area contributed by atoms with Crippen molar-refractivity contribution in [2.75, 3.05) is 6.61 Å². The number of benzene rings is 1. The second-order valence-electron chi connectivity index (χ2n) is 3.56. The molecule has 0 saturated carbocycles. The van der Waals surface area contributed by atoms with E-state index in [9.17, 15) is 9.18 Å². The van der Waals surface area contributed by atoms with E-state index >= 15 is 0 Å². The van der Waals surface area contributed by atoms with E-state index in [4.69, 9.17) is 22.1 Å². The van der Waals surface area contributed by atoms with Gasteiger partial charge in [0.05, 0.1) is 23.7 Å². The van der Waals surface area contributed by atoms with Crippen LogP contribution < -0.4 is 5.73 Å². The van der Waals surface area contributed by atoms with Gasteiger partial charge in [0.25, 0.3) is 0 Å². The number of halogens is 2. The van der Waals surface area contributed by atoms with Gasteiger partial charge in [-0.1, -0.05) is 17.7 Å². The molecule has 0 aliphatic rings. The molecule has 0 spiro atoms. The number of nitrogens with two attached hydrogens (primary N) is 1. The number of carbonyl (C=O) groups excluding carboxylic acids is 1. The monoisotopic (exact) mass is 284 g/mol. The molecular formula is C13H14ClFN2O2. The standard InChI is InChI=1S/C13H14ClFN2O2/c1-2-19-13(18)10(6-16)8-17-7-9-3-4-12(15)11(14)5-9/h3-6,8H,2,7,16H2,1H3/b10-6+,17-8?. The molecule has 0 aliphatic heterocycles. The van der Waals surface area contributed by atoms with Crippen LogP contribution >= 0.6 is 11.6 Å². The molecule has 102 valence electrons. The Hall–Kier alpha value is -1.88. The maximum Gasteiger partial charge on any atom is 0.341 e. The summed E-state index contributed by atoms with van der Waals surface area (Å²) in [5, 5.41) is 0.0349. The third kappa shape index (κ3) is 4.71. The van der Waals surface area contributed by atoms with Crippen LogP contribution in [-0.4, -0.2) is 18.8 Å². The van der Waals surface area contributed by atoms with Crippen LogP contribution in [-0.2, 0) is 16.1 Å². The lowest BCUT2D eigenvalue weighted by atomic mass is 10.2. The number of carbonyl (C=O) groups is 1. The maximum atomic E-state index is 12.9. The summed E-state index contributed by atoms with van der Waals surface area (Å²) in [6, 6.07) is 4.30. The Kier molecular flexibility index (Phi) is 6.02. The van der Waals surface area contributed by atoms with Crippen molar-refractivity contribution >= 4 is 23.8 Å². The van der Waals surface area contributed by atoms with Crippen LogP contribution in [0.3, 0.4) is 0 Å². The highest BCUT2D eigenvalue weighted by molar-refractivity contribution is 6.30. The summed E-state index contributed by atoms with van der Waals surface area (Å²) in [5.74, 6) is -1.02. The average Bonchev–Trinajstić information content (AvgIpc) is 2.39. The van der Waals surface area contributed by atoms with Crippen LogP contribution in [0.15, 0.2) is 35.0 Å². The van der Waals surface area contributed by atoms with Gasteiger partial charge >= 0.3 is 5.97 Å². The molecule has 0 unspecified atom stereocenters. The molecule has 0 saturated heterocycles. The summed E-state index contributed by atoms with van der Waals surface area (Å²) in [4.78, 5) is 15.4. The number of esters is 1. The van der Waals surface area contributed by atoms with E-state index in [-0.39, 0.29) is 23.7 Å². The predicted molar refractivity (Wildman–Crippen MR) is 72.5 cm³/mol. The first-order chi connectivity index (χ1) is 9.08. The molecule has 0 aromatic heterocycles. The zero-order chi connectivity index (χ0) is 14.3. The van der Waals surface area contributed by atoms with Gasteiger partial charge < -0.3 is 10.5 Å². The van der Waals surface area contributed by atoms with Crippen LogP contribution in [0.25, 0.3) is 0 Å². The minimum atomic E-state index is -0.536. The van der Waals surface area contributed by atoms with E-state index in [2.05, 4.69) is 4.99 Å². The lowest BCUT2D eigenvalue weighted by molar-refractivity contribution is -0.137. The summed E-state index contributed by atoms with van der Waals surface area (Å²) in [7, 11) is 0. The minimum absolute atomic E-state index is 0.0349. The second-order valence-corrected chi connectivity index (χ2v) is 3.97. The molecule has 0 atom stereocenters. The minimum Gasteiger partial charge on any atom is -0.462 e. The van der Waals surface area contributed by atoms with Crippen molar-refractivity contribution < 1.29 is 13.9 Å². The fourth-order valence-electron chi connectivity index (χ4n) is 1.27. The maximum absolute atomic E-state index is 12.9. The third-order valence-corrected chi connectivity index (χ3v) is 2.47. The van der Waals surface area contributed by atoms with E-state index in [1.807, 2.05) is 0 Å². The molecule has 6 heteroatoms. The molecule has 0 aliphatic carbocycles. The van der Waals surface area contributed by atoms with Gasteiger partial charge in [-0.2, -0.15) is 0 Å². The van der Waals surface area contributed by atoms with E-state index in [0.29, 0.717) is 0 Å². The fraction of sp³-hybridized carbons (Fsp3) is 0.231. The molecule has 0 heterocycles. The Morgan fingerprint density at radius 2 is 2.32 bits per heavy atom. The van der Waals surface area contributed by atoms with E-state index in [1.165, 1.54) is 18.3 Å². The van der Waals surface area contributed by atoms with Gasteiger partial charge in [-0.05, 0) is 24.6 Å². The smallest absolute Gasteiger partial charge is 0.341 e. The summed E-state index contributed by atoms with van der Waals surface area (Å²) in [6.45, 7) is 2.22. The zero-order valence-electron chi connectivity index (χ0n) is 10.4. The van der Waals surface area contributed by atoms with E-state index in [0.717, 1.165) is 11.8 Å². The number of hydrogen-bond donors (Lipinski definition) is 1. The molecule has 0 radical (unpaired) electrons. The predicted octanol–water partition coefficient (Wildman–Crippen LogP) is 2.46. The van der Waals surface area contributed by atoms with Gasteiger partial charge in [-0.25, -0.2) is 9.18 Å². The van der Waals surface area contributed by atoms with Crippen LogP contribution in [0.1, 0.15) is 12.5 Å². The van der Waals surface area contributed by atoms with E-state index < -0.39 is 11.8 Å².